The van der Waals surface area contributed by atoms with Crippen molar-refractivity contribution in [2.24, 2.45) is 0 Å². The summed E-state index contributed by atoms with van der Waals surface area (Å²) in [5, 5.41) is 8.06. The fraction of sp³-hybridized carbons (Fsp3) is 0.462. The summed E-state index contributed by atoms with van der Waals surface area (Å²) in [6.45, 7) is 8.31. The monoisotopic (exact) mass is 276 g/mol. The van der Waals surface area contributed by atoms with Crippen LogP contribution in [0.2, 0.25) is 25.7 Å². The third kappa shape index (κ3) is 4.25. The second-order valence-electron chi connectivity index (χ2n) is 5.71. The van der Waals surface area contributed by atoms with Crippen LogP contribution in [0.5, 0.6) is 0 Å². The van der Waals surface area contributed by atoms with Gasteiger partial charge in [0, 0.05) is 32.6 Å². The van der Waals surface area contributed by atoms with Gasteiger partial charge < -0.3 is 4.74 Å². The maximum absolute atomic E-state index is 5.71. The molecule has 0 saturated heterocycles. The van der Waals surface area contributed by atoms with Crippen molar-refractivity contribution in [3.8, 4) is 11.4 Å². The zero-order valence-electron chi connectivity index (χ0n) is 11.7. The van der Waals surface area contributed by atoms with Gasteiger partial charge in [-0.05, 0) is 18.2 Å². The molecule has 2 aromatic rings. The minimum absolute atomic E-state index is 0.488. The van der Waals surface area contributed by atoms with Crippen LogP contribution in [-0.4, -0.2) is 34.4 Å². The van der Waals surface area contributed by atoms with E-state index in [4.69, 9.17) is 4.74 Å². The van der Waals surface area contributed by atoms with E-state index in [9.17, 15) is 0 Å². The fourth-order valence-electron chi connectivity index (χ4n) is 1.61. The Morgan fingerprint density at radius 1 is 1.32 bits per heavy atom. The second kappa shape index (κ2) is 6.07. The first-order chi connectivity index (χ1) is 9.06. The molecule has 0 atom stereocenters. The number of aromatic nitrogens is 4. The Bertz CT molecular complexity index is 507. The van der Waals surface area contributed by atoms with E-state index in [1.54, 1.807) is 18.7 Å². The number of rotatable bonds is 6. The Morgan fingerprint density at radius 3 is 2.84 bits per heavy atom. The molecule has 0 N–H and O–H groups in total. The van der Waals surface area contributed by atoms with E-state index < -0.39 is 8.07 Å². The molecule has 19 heavy (non-hydrogen) atoms. The lowest BCUT2D eigenvalue weighted by Crippen LogP contribution is -2.22. The van der Waals surface area contributed by atoms with Gasteiger partial charge in [0.05, 0.1) is 0 Å². The van der Waals surface area contributed by atoms with Crippen molar-refractivity contribution in [1.82, 2.24) is 19.7 Å². The number of pyridine rings is 1. The first-order valence-corrected chi connectivity index (χ1v) is 10.1. The SMILES string of the molecule is C[Si](C)(C)CCOCn1cnnc1-c1cccnc1. The van der Waals surface area contributed by atoms with Crippen LogP contribution in [0.1, 0.15) is 0 Å². The van der Waals surface area contributed by atoms with Gasteiger partial charge >= 0.3 is 0 Å². The van der Waals surface area contributed by atoms with Gasteiger partial charge in [-0.15, -0.1) is 10.2 Å². The molecule has 2 heterocycles. The molecule has 0 radical (unpaired) electrons. The minimum atomic E-state index is -1.03. The molecule has 2 rings (SSSR count). The largest absolute Gasteiger partial charge is 0.361 e. The van der Waals surface area contributed by atoms with Crippen molar-refractivity contribution < 1.29 is 4.74 Å². The smallest absolute Gasteiger partial charge is 0.167 e. The highest BCUT2D eigenvalue weighted by Crippen LogP contribution is 2.15. The number of hydrogen-bond acceptors (Lipinski definition) is 4. The highest BCUT2D eigenvalue weighted by molar-refractivity contribution is 6.76. The normalized spacial score (nSPS) is 11.7. The third-order valence-electron chi connectivity index (χ3n) is 2.76. The van der Waals surface area contributed by atoms with Crippen molar-refractivity contribution in [2.75, 3.05) is 6.61 Å². The van der Waals surface area contributed by atoms with Gasteiger partial charge in [0.2, 0.25) is 0 Å². The van der Waals surface area contributed by atoms with E-state index in [-0.39, 0.29) is 0 Å². The van der Waals surface area contributed by atoms with Crippen molar-refractivity contribution in [1.29, 1.82) is 0 Å². The molecule has 0 aliphatic carbocycles. The van der Waals surface area contributed by atoms with Gasteiger partial charge in [0.1, 0.15) is 13.1 Å². The van der Waals surface area contributed by atoms with E-state index in [1.807, 2.05) is 16.7 Å². The average molecular weight is 276 g/mol. The lowest BCUT2D eigenvalue weighted by Gasteiger charge is -2.15. The summed E-state index contributed by atoms with van der Waals surface area (Å²) in [6.07, 6.45) is 5.22. The summed E-state index contributed by atoms with van der Waals surface area (Å²) >= 11 is 0. The summed E-state index contributed by atoms with van der Waals surface area (Å²) < 4.78 is 7.62. The van der Waals surface area contributed by atoms with Crippen molar-refractivity contribution in [3.63, 3.8) is 0 Å². The van der Waals surface area contributed by atoms with Crippen LogP contribution in [0.25, 0.3) is 11.4 Å². The molecular weight excluding hydrogens is 256 g/mol. The van der Waals surface area contributed by atoms with Crippen molar-refractivity contribution >= 4 is 8.07 Å². The summed E-state index contributed by atoms with van der Waals surface area (Å²) in [5.41, 5.74) is 0.953. The molecule has 0 aliphatic heterocycles. The maximum Gasteiger partial charge on any atom is 0.167 e. The van der Waals surface area contributed by atoms with Gasteiger partial charge in [0.25, 0.3) is 0 Å². The number of ether oxygens (including phenoxy) is 1. The van der Waals surface area contributed by atoms with E-state index in [0.717, 1.165) is 24.0 Å². The van der Waals surface area contributed by atoms with E-state index >= 15 is 0 Å². The Morgan fingerprint density at radius 2 is 2.16 bits per heavy atom. The first kappa shape index (κ1) is 13.9. The predicted molar refractivity (Wildman–Crippen MR) is 77.4 cm³/mol. The van der Waals surface area contributed by atoms with Crippen LogP contribution >= 0.6 is 0 Å². The Labute approximate surface area is 114 Å². The number of hydrogen-bond donors (Lipinski definition) is 0. The van der Waals surface area contributed by atoms with Gasteiger partial charge in [-0.25, -0.2) is 0 Å². The van der Waals surface area contributed by atoms with Gasteiger partial charge in [-0.1, -0.05) is 19.6 Å². The average Bonchev–Trinajstić information content (AvgIpc) is 2.83. The summed E-state index contributed by atoms with van der Waals surface area (Å²) in [6, 6.07) is 5.02. The topological polar surface area (TPSA) is 52.8 Å². The molecule has 2 aromatic heterocycles. The molecule has 0 bridgehead atoms. The van der Waals surface area contributed by atoms with Crippen LogP contribution < -0.4 is 0 Å². The zero-order chi connectivity index (χ0) is 13.7. The van der Waals surface area contributed by atoms with E-state index in [0.29, 0.717) is 6.73 Å². The Kier molecular flexibility index (Phi) is 4.44. The van der Waals surface area contributed by atoms with Crippen LogP contribution in [0, 0.1) is 0 Å². The van der Waals surface area contributed by atoms with Crippen LogP contribution in [0.15, 0.2) is 30.9 Å². The van der Waals surface area contributed by atoms with E-state index in [1.165, 1.54) is 0 Å². The van der Waals surface area contributed by atoms with Gasteiger partial charge in [-0.2, -0.15) is 0 Å². The van der Waals surface area contributed by atoms with Gasteiger partial charge in [0.15, 0.2) is 5.82 Å². The second-order valence-corrected chi connectivity index (χ2v) is 11.3. The van der Waals surface area contributed by atoms with Crippen molar-refractivity contribution in [3.05, 3.63) is 30.9 Å². The Hall–Kier alpha value is -1.53. The van der Waals surface area contributed by atoms with Crippen LogP contribution in [0.4, 0.5) is 0 Å². The summed E-state index contributed by atoms with van der Waals surface area (Å²) in [5.74, 6) is 0.793. The minimum Gasteiger partial charge on any atom is -0.361 e. The predicted octanol–water partition coefficient (Wildman–Crippen LogP) is 2.65. The molecule has 0 fully saturated rings. The molecule has 0 aliphatic rings. The van der Waals surface area contributed by atoms with Gasteiger partial charge in [-0.3, -0.25) is 9.55 Å². The number of nitrogens with zero attached hydrogens (tertiary/aromatic N) is 4. The summed E-state index contributed by atoms with van der Waals surface area (Å²) in [7, 11) is -1.03. The lowest BCUT2D eigenvalue weighted by atomic mass is 10.3. The Balaban J connectivity index is 1.94. The molecule has 102 valence electrons. The molecule has 0 amide bonds. The van der Waals surface area contributed by atoms with Crippen molar-refractivity contribution in [2.45, 2.75) is 32.4 Å². The molecule has 0 spiro atoms. The first-order valence-electron chi connectivity index (χ1n) is 6.42. The molecule has 5 nitrogen and oxygen atoms in total. The summed E-state index contributed by atoms with van der Waals surface area (Å²) in [4.78, 5) is 4.09. The molecule has 0 saturated carbocycles. The van der Waals surface area contributed by atoms with Crippen LogP contribution in [0.3, 0.4) is 0 Å². The highest BCUT2D eigenvalue weighted by Gasteiger charge is 2.12. The lowest BCUT2D eigenvalue weighted by molar-refractivity contribution is 0.0880. The van der Waals surface area contributed by atoms with Crippen LogP contribution in [-0.2, 0) is 11.5 Å². The molecular formula is C13H20N4OSi. The molecule has 6 heteroatoms. The molecule has 0 aromatic carbocycles. The highest BCUT2D eigenvalue weighted by atomic mass is 28.3. The zero-order valence-corrected chi connectivity index (χ0v) is 12.7. The molecule has 0 unspecified atom stereocenters. The van der Waals surface area contributed by atoms with E-state index in [2.05, 4.69) is 34.8 Å². The quantitative estimate of drug-likeness (QED) is 0.601. The fourth-order valence-corrected chi connectivity index (χ4v) is 2.37. The third-order valence-corrected chi connectivity index (χ3v) is 4.47. The maximum atomic E-state index is 5.71. The standard InChI is InChI=1S/C13H20N4OSi/c1-19(2,3)8-7-18-11-17-10-15-16-13(17)12-5-4-6-14-9-12/h4-6,9-10H,7-8,11H2,1-3H3.